The van der Waals surface area contributed by atoms with Crippen LogP contribution >= 0.6 is 23.5 Å². The van der Waals surface area contributed by atoms with Crippen molar-refractivity contribution in [1.82, 2.24) is 5.32 Å². The number of nitrogens with one attached hydrogen (secondary N) is 1. The Bertz CT molecular complexity index is 3130. The van der Waals surface area contributed by atoms with E-state index < -0.39 is 58.5 Å². The van der Waals surface area contributed by atoms with E-state index >= 15 is 0 Å². The molecule has 9 rings (SSSR count). The largest absolute Gasteiger partial charge is 0.449 e. The molecule has 0 spiro atoms. The normalized spacial score (nSPS) is 13.3. The van der Waals surface area contributed by atoms with Crippen molar-refractivity contribution < 1.29 is 34.5 Å². The van der Waals surface area contributed by atoms with Gasteiger partial charge in [0.15, 0.2) is 5.78 Å². The van der Waals surface area contributed by atoms with Crippen LogP contribution in [0.25, 0.3) is 11.1 Å². The highest BCUT2D eigenvalue weighted by Gasteiger charge is 2.41. The molecule has 1 aliphatic rings. The maximum atomic E-state index is 13.7. The average Bonchev–Trinajstić information content (AvgIpc) is 2.81. The highest BCUT2D eigenvalue weighted by molar-refractivity contribution is 8.00. The quantitative estimate of drug-likeness (QED) is 0.0404. The third-order valence-electron chi connectivity index (χ3n) is 15.1. The standard InChI is InChI=1S/C42H40N2O4S.C27H30N2O2S.CH3F/c1-2-38(44-41(47)48-27-37-35-24-14-12-22-33(35)34-23-13-15-25-36(34)37)39(45)26-29(40(43)46)28-49-42(30-16-6-3-7-17-30,31-18-8-4-9-19-31)32-20-10-5-11-21-32;1-2-24(28)25(30)18-20(26(29)31)19-32-27(21-12-6-3-7-13-21,22-14-8-4-9-15-22)23-16-10-5-11-17-23;1-2/h3-25,29,37-38H,2,26-28H2,1H3,(H2,43,46)(H,44,47);3-17,20,24H,2,18-19,28H2,1H3,(H2,29,31);1H3/t29-,38-;20-,24-;/m00./s1/i;;1D. The van der Waals surface area contributed by atoms with Crippen LogP contribution < -0.4 is 22.5 Å². The molecule has 428 valence electrons. The lowest BCUT2D eigenvalue weighted by Gasteiger charge is -2.36. The number of amides is 3. The van der Waals surface area contributed by atoms with Crippen molar-refractivity contribution in [2.24, 2.45) is 29.0 Å². The summed E-state index contributed by atoms with van der Waals surface area (Å²) in [6, 6.07) is 76.1. The average molecular weight is 1150 g/mol. The number of ketones is 2. The number of carbonyl (C=O) groups excluding carboxylic acids is 5. The number of fused-ring (bicyclic) bond motifs is 3. The molecule has 0 unspecified atom stereocenters. The molecule has 3 amide bonds. The summed E-state index contributed by atoms with van der Waals surface area (Å²) in [5.41, 5.74) is 28.5. The van der Waals surface area contributed by atoms with Crippen molar-refractivity contribution in [3.63, 3.8) is 0 Å². The van der Waals surface area contributed by atoms with E-state index in [0.29, 0.717) is 24.3 Å². The Balaban J connectivity index is 0.000000250. The minimum absolute atomic E-state index is 0.0613. The second-order valence-corrected chi connectivity index (χ2v) is 22.6. The van der Waals surface area contributed by atoms with Gasteiger partial charge in [0.25, 0.3) is 0 Å². The van der Waals surface area contributed by atoms with Crippen molar-refractivity contribution in [2.75, 3.05) is 25.3 Å². The first-order valence-electron chi connectivity index (χ1n) is 28.5. The zero-order valence-corrected chi connectivity index (χ0v) is 48.5. The van der Waals surface area contributed by atoms with Crippen LogP contribution in [0, 0.1) is 11.8 Å². The van der Waals surface area contributed by atoms with Gasteiger partial charge in [-0.3, -0.25) is 23.6 Å². The Morgan fingerprint density at radius 2 is 0.807 bits per heavy atom. The number of alkyl halides is 1. The molecule has 0 saturated heterocycles. The smallest absolute Gasteiger partial charge is 0.407 e. The number of benzene rings is 8. The van der Waals surface area contributed by atoms with Gasteiger partial charge in [-0.05, 0) is 68.5 Å². The first-order chi connectivity index (χ1) is 40.8. The number of Topliss-reactive ketones (excluding diaryl/α,β-unsaturated/α-hetero) is 2. The second kappa shape index (κ2) is 30.8. The van der Waals surface area contributed by atoms with Crippen molar-refractivity contribution in [3.8, 4) is 11.1 Å². The number of hydrogen-bond donors (Lipinski definition) is 4. The lowest BCUT2D eigenvalue weighted by Crippen LogP contribution is -2.43. The summed E-state index contributed by atoms with van der Waals surface area (Å²) in [4.78, 5) is 64.4. The van der Waals surface area contributed by atoms with Gasteiger partial charge in [0.1, 0.15) is 12.4 Å². The number of hydrogen-bond acceptors (Lipinski definition) is 9. The van der Waals surface area contributed by atoms with Crippen LogP contribution in [0.4, 0.5) is 9.18 Å². The minimum atomic E-state index is -1.00. The topological polar surface area (TPSA) is 185 Å². The van der Waals surface area contributed by atoms with E-state index in [2.05, 4.69) is 102 Å². The zero-order chi connectivity index (χ0) is 59.9. The Morgan fingerprint density at radius 3 is 1.11 bits per heavy atom. The van der Waals surface area contributed by atoms with Gasteiger partial charge >= 0.3 is 6.09 Å². The molecule has 0 aromatic heterocycles. The maximum absolute atomic E-state index is 13.7. The Kier molecular flexibility index (Phi) is 22.6. The molecule has 7 N–H and O–H groups in total. The molecule has 8 aromatic carbocycles. The van der Waals surface area contributed by atoms with Crippen LogP contribution in [-0.4, -0.2) is 66.8 Å². The van der Waals surface area contributed by atoms with Gasteiger partial charge in [-0.1, -0.05) is 244 Å². The number of halogens is 1. The van der Waals surface area contributed by atoms with Gasteiger partial charge in [0.05, 0.1) is 41.9 Å². The van der Waals surface area contributed by atoms with Crippen LogP contribution in [-0.2, 0) is 33.4 Å². The van der Waals surface area contributed by atoms with E-state index in [1.165, 1.54) is 0 Å². The Morgan fingerprint density at radius 1 is 0.506 bits per heavy atom. The Labute approximate surface area is 497 Å². The number of carbonyl (C=O) groups is 5. The summed E-state index contributed by atoms with van der Waals surface area (Å²) in [7, 11) is -1.00. The number of alkyl carbamates (subject to hydrolysis) is 1. The minimum Gasteiger partial charge on any atom is -0.449 e. The van der Waals surface area contributed by atoms with E-state index in [-0.39, 0.29) is 36.9 Å². The van der Waals surface area contributed by atoms with E-state index in [4.69, 9.17) is 23.3 Å². The molecule has 10 nitrogen and oxygen atoms in total. The molecule has 13 heteroatoms. The summed E-state index contributed by atoms with van der Waals surface area (Å²) in [5, 5.41) is 2.76. The second-order valence-electron chi connectivity index (χ2n) is 20.2. The van der Waals surface area contributed by atoms with Gasteiger partial charge in [-0.15, -0.1) is 23.5 Å². The molecule has 4 atom stereocenters. The van der Waals surface area contributed by atoms with E-state index in [1.807, 2.05) is 147 Å². The molecule has 8 aromatic rings. The molecule has 1 aliphatic carbocycles. The molecular weight excluding hydrogens is 1080 g/mol. The Hall–Kier alpha value is -8.10. The molecule has 0 heterocycles. The molecule has 83 heavy (non-hydrogen) atoms. The van der Waals surface area contributed by atoms with Crippen LogP contribution in [0.1, 0.15) is 91.3 Å². The summed E-state index contributed by atoms with van der Waals surface area (Å²) >= 11 is 3.22. The number of ether oxygens (including phenoxy) is 1. The van der Waals surface area contributed by atoms with Crippen LogP contribution in [0.2, 0.25) is 0 Å². The van der Waals surface area contributed by atoms with Gasteiger partial charge < -0.3 is 27.3 Å². The monoisotopic (exact) mass is 1150 g/mol. The maximum Gasteiger partial charge on any atom is 0.407 e. The van der Waals surface area contributed by atoms with Crippen LogP contribution in [0.5, 0.6) is 0 Å². The lowest BCUT2D eigenvalue weighted by atomic mass is 9.84. The first-order valence-corrected chi connectivity index (χ1v) is 29.8. The predicted molar refractivity (Wildman–Crippen MR) is 336 cm³/mol. The molecular formula is C70H73FN4O6S2. The summed E-state index contributed by atoms with van der Waals surface area (Å²) < 4.78 is 20.0. The van der Waals surface area contributed by atoms with Crippen molar-refractivity contribution in [2.45, 2.75) is 67.0 Å². The summed E-state index contributed by atoms with van der Waals surface area (Å²) in [6.07, 6.45) is 0.191. The first kappa shape index (κ1) is 61.0. The fourth-order valence-electron chi connectivity index (χ4n) is 10.7. The van der Waals surface area contributed by atoms with Crippen molar-refractivity contribution in [3.05, 3.63) is 275 Å². The lowest BCUT2D eigenvalue weighted by molar-refractivity contribution is -0.127. The van der Waals surface area contributed by atoms with E-state index in [1.54, 1.807) is 23.5 Å². The highest BCUT2D eigenvalue weighted by Crippen LogP contribution is 2.51. The summed E-state index contributed by atoms with van der Waals surface area (Å²) in [5.74, 6) is -2.17. The van der Waals surface area contributed by atoms with Gasteiger partial charge in [0, 0.05) is 30.3 Å². The third-order valence-corrected chi connectivity index (χ3v) is 18.5. The zero-order valence-electron chi connectivity index (χ0n) is 47.9. The van der Waals surface area contributed by atoms with Crippen LogP contribution in [0.15, 0.2) is 231 Å². The molecule has 0 saturated carbocycles. The van der Waals surface area contributed by atoms with Crippen molar-refractivity contribution in [1.29, 1.82) is 0 Å². The van der Waals surface area contributed by atoms with Gasteiger partial charge in [0.2, 0.25) is 11.8 Å². The van der Waals surface area contributed by atoms with E-state index in [0.717, 1.165) is 55.6 Å². The molecule has 0 fully saturated rings. The number of primary amides is 2. The summed E-state index contributed by atoms with van der Waals surface area (Å²) in [6.45, 7) is 3.83. The van der Waals surface area contributed by atoms with Gasteiger partial charge in [-0.2, -0.15) is 0 Å². The third kappa shape index (κ3) is 15.1. The number of nitrogens with two attached hydrogens (primary N) is 3. The fraction of sp³-hybridized carbons (Fsp3) is 0.243. The molecule has 0 radical (unpaired) electrons. The van der Waals surface area contributed by atoms with E-state index in [9.17, 15) is 28.4 Å². The van der Waals surface area contributed by atoms with Crippen LogP contribution in [0.3, 0.4) is 0 Å². The van der Waals surface area contributed by atoms with Crippen molar-refractivity contribution >= 4 is 53.0 Å². The fourth-order valence-corrected chi connectivity index (χ4v) is 14.0. The molecule has 0 aliphatic heterocycles. The SMILES string of the molecule is CC[C@H](N)C(=O)C[C@@H](CSC(c1ccccc1)(c1ccccc1)c1ccccc1)C(N)=O.CC[C@H](NC(=O)OCC1c2ccccc2-c2ccccc21)C(=O)C[C@@H](CSC(c1ccccc1)(c1ccccc1)c1ccccc1)C(N)=O.[2H]CF. The van der Waals surface area contributed by atoms with Gasteiger partial charge in [-0.25, -0.2) is 4.79 Å². The highest BCUT2D eigenvalue weighted by atomic mass is 32.2. The number of thioether (sulfide) groups is 2. The number of rotatable bonds is 25. The predicted octanol–water partition coefficient (Wildman–Crippen LogP) is 13.2. The molecule has 0 bridgehead atoms.